The van der Waals surface area contributed by atoms with E-state index in [2.05, 4.69) is 35.6 Å². The molecular weight excluding hydrogens is 260 g/mol. The normalized spacial score (nSPS) is 11.7. The molecule has 0 heterocycles. The second kappa shape index (κ2) is 7.12. The maximum atomic E-state index is 11.3. The predicted molar refractivity (Wildman–Crippen MR) is 81.6 cm³/mol. The Morgan fingerprint density at radius 3 is 2.58 bits per heavy atom. The number of nitrogens with one attached hydrogen (secondary N) is 1. The summed E-state index contributed by atoms with van der Waals surface area (Å²) < 4.78 is 0. The standard InChI is InChI=1S/C15H18N2O.ClH/c1-11(16)15(18)17-9-8-12-6-7-13-4-2-3-5-14(13)10-12;/h2-7,10-11H,8-9,16H2,1H3,(H,17,18);1H. The van der Waals surface area contributed by atoms with E-state index >= 15 is 0 Å². The molecule has 0 bridgehead atoms. The molecule has 0 radical (unpaired) electrons. The molecule has 3 N–H and O–H groups in total. The lowest BCUT2D eigenvalue weighted by atomic mass is 10.1. The number of carbonyl (C=O) groups excluding carboxylic acids is 1. The number of nitrogens with two attached hydrogens (primary N) is 1. The first-order valence-electron chi connectivity index (χ1n) is 6.18. The van der Waals surface area contributed by atoms with Crippen molar-refractivity contribution in [3.05, 3.63) is 48.0 Å². The van der Waals surface area contributed by atoms with Crippen molar-refractivity contribution >= 4 is 29.1 Å². The van der Waals surface area contributed by atoms with Crippen LogP contribution in [0.5, 0.6) is 0 Å². The fourth-order valence-corrected chi connectivity index (χ4v) is 1.89. The van der Waals surface area contributed by atoms with Crippen molar-refractivity contribution in [2.24, 2.45) is 5.73 Å². The molecule has 1 atom stereocenters. The molecule has 2 rings (SSSR count). The third-order valence-corrected chi connectivity index (χ3v) is 2.94. The Hall–Kier alpha value is -1.58. The summed E-state index contributed by atoms with van der Waals surface area (Å²) in [4.78, 5) is 11.3. The predicted octanol–water partition coefficient (Wildman–Crippen LogP) is 2.27. The Morgan fingerprint density at radius 2 is 1.89 bits per heavy atom. The van der Waals surface area contributed by atoms with Crippen LogP contribution in [0, 0.1) is 0 Å². The number of fused-ring (bicyclic) bond motifs is 1. The summed E-state index contributed by atoms with van der Waals surface area (Å²) in [6.45, 7) is 2.31. The zero-order chi connectivity index (χ0) is 13.0. The van der Waals surface area contributed by atoms with Gasteiger partial charge in [0.05, 0.1) is 6.04 Å². The van der Waals surface area contributed by atoms with Crippen molar-refractivity contribution in [1.29, 1.82) is 0 Å². The first-order valence-corrected chi connectivity index (χ1v) is 6.18. The highest BCUT2D eigenvalue weighted by atomic mass is 35.5. The summed E-state index contributed by atoms with van der Waals surface area (Å²) in [7, 11) is 0. The fraction of sp³-hybridized carbons (Fsp3) is 0.267. The van der Waals surface area contributed by atoms with Gasteiger partial charge in [0.15, 0.2) is 0 Å². The molecule has 0 fully saturated rings. The molecule has 0 saturated carbocycles. The number of hydrogen-bond acceptors (Lipinski definition) is 2. The molecule has 19 heavy (non-hydrogen) atoms. The molecule has 1 unspecified atom stereocenters. The Balaban J connectivity index is 0.00000180. The average Bonchev–Trinajstić information content (AvgIpc) is 2.38. The maximum absolute atomic E-state index is 11.3. The van der Waals surface area contributed by atoms with E-state index in [0.717, 1.165) is 6.42 Å². The molecule has 4 heteroatoms. The lowest BCUT2D eigenvalue weighted by Gasteiger charge is -2.08. The summed E-state index contributed by atoms with van der Waals surface area (Å²) in [6, 6.07) is 14.2. The van der Waals surface area contributed by atoms with Crippen molar-refractivity contribution in [3.63, 3.8) is 0 Å². The Kier molecular flexibility index (Phi) is 5.80. The number of carbonyl (C=O) groups is 1. The van der Waals surface area contributed by atoms with Crippen LogP contribution >= 0.6 is 12.4 Å². The fourth-order valence-electron chi connectivity index (χ4n) is 1.89. The van der Waals surface area contributed by atoms with Gasteiger partial charge >= 0.3 is 0 Å². The highest BCUT2D eigenvalue weighted by Gasteiger charge is 2.05. The van der Waals surface area contributed by atoms with Crippen LogP contribution in [0.3, 0.4) is 0 Å². The van der Waals surface area contributed by atoms with E-state index in [0.29, 0.717) is 6.54 Å². The van der Waals surface area contributed by atoms with E-state index in [1.165, 1.54) is 16.3 Å². The molecule has 1 amide bonds. The minimum Gasteiger partial charge on any atom is -0.354 e. The Morgan fingerprint density at radius 1 is 1.21 bits per heavy atom. The Labute approximate surface area is 119 Å². The smallest absolute Gasteiger partial charge is 0.236 e. The molecule has 0 aliphatic carbocycles. The molecule has 3 nitrogen and oxygen atoms in total. The summed E-state index contributed by atoms with van der Waals surface area (Å²) in [5, 5.41) is 5.28. The minimum absolute atomic E-state index is 0. The van der Waals surface area contributed by atoms with Crippen LogP contribution in [-0.2, 0) is 11.2 Å². The number of benzene rings is 2. The average molecular weight is 279 g/mol. The van der Waals surface area contributed by atoms with Crippen molar-refractivity contribution in [2.75, 3.05) is 6.54 Å². The number of hydrogen-bond donors (Lipinski definition) is 2. The van der Waals surface area contributed by atoms with Gasteiger partial charge in [0.1, 0.15) is 0 Å². The largest absolute Gasteiger partial charge is 0.354 e. The van der Waals surface area contributed by atoms with Crippen LogP contribution in [0.1, 0.15) is 12.5 Å². The lowest BCUT2D eigenvalue weighted by molar-refractivity contribution is -0.121. The number of rotatable bonds is 4. The highest BCUT2D eigenvalue weighted by molar-refractivity contribution is 5.85. The molecule has 0 aliphatic heterocycles. The zero-order valence-corrected chi connectivity index (χ0v) is 11.7. The molecule has 0 aromatic heterocycles. The second-order valence-corrected chi connectivity index (χ2v) is 4.51. The molecule has 102 valence electrons. The van der Waals surface area contributed by atoms with Gasteiger partial charge in [-0.1, -0.05) is 42.5 Å². The third-order valence-electron chi connectivity index (χ3n) is 2.94. The van der Waals surface area contributed by atoms with E-state index in [9.17, 15) is 4.79 Å². The molecule has 0 aliphatic rings. The molecule has 0 spiro atoms. The third kappa shape index (κ3) is 4.23. The van der Waals surface area contributed by atoms with Crippen molar-refractivity contribution < 1.29 is 4.79 Å². The quantitative estimate of drug-likeness (QED) is 0.901. The summed E-state index contributed by atoms with van der Waals surface area (Å²) in [5.41, 5.74) is 6.70. The number of amides is 1. The summed E-state index contributed by atoms with van der Waals surface area (Å²) >= 11 is 0. The van der Waals surface area contributed by atoms with Gasteiger partial charge in [-0.15, -0.1) is 12.4 Å². The van der Waals surface area contributed by atoms with Gasteiger partial charge < -0.3 is 11.1 Å². The van der Waals surface area contributed by atoms with E-state index < -0.39 is 6.04 Å². The van der Waals surface area contributed by atoms with Gasteiger partial charge in [0, 0.05) is 6.54 Å². The van der Waals surface area contributed by atoms with Gasteiger partial charge in [-0.25, -0.2) is 0 Å². The van der Waals surface area contributed by atoms with Crippen molar-refractivity contribution in [3.8, 4) is 0 Å². The van der Waals surface area contributed by atoms with E-state index in [-0.39, 0.29) is 18.3 Å². The lowest BCUT2D eigenvalue weighted by Crippen LogP contribution is -2.39. The molecule has 2 aromatic carbocycles. The van der Waals surface area contributed by atoms with Gasteiger partial charge in [0.25, 0.3) is 0 Å². The van der Waals surface area contributed by atoms with Gasteiger partial charge in [-0.05, 0) is 29.7 Å². The van der Waals surface area contributed by atoms with Crippen LogP contribution < -0.4 is 11.1 Å². The maximum Gasteiger partial charge on any atom is 0.236 e. The number of halogens is 1. The second-order valence-electron chi connectivity index (χ2n) is 4.51. The zero-order valence-electron chi connectivity index (χ0n) is 10.9. The monoisotopic (exact) mass is 278 g/mol. The highest BCUT2D eigenvalue weighted by Crippen LogP contribution is 2.15. The minimum atomic E-state index is -0.443. The van der Waals surface area contributed by atoms with Crippen LogP contribution in [-0.4, -0.2) is 18.5 Å². The SMILES string of the molecule is CC(N)C(=O)NCCc1ccc2ccccc2c1.Cl. The van der Waals surface area contributed by atoms with Crippen LogP contribution in [0.2, 0.25) is 0 Å². The van der Waals surface area contributed by atoms with Crippen LogP contribution in [0.25, 0.3) is 10.8 Å². The van der Waals surface area contributed by atoms with E-state index in [4.69, 9.17) is 5.73 Å². The van der Waals surface area contributed by atoms with Crippen molar-refractivity contribution in [1.82, 2.24) is 5.32 Å². The Bertz CT molecular complexity index is 555. The van der Waals surface area contributed by atoms with Gasteiger partial charge in [0.2, 0.25) is 5.91 Å². The van der Waals surface area contributed by atoms with Crippen molar-refractivity contribution in [2.45, 2.75) is 19.4 Å². The molecule has 0 saturated heterocycles. The first-order chi connectivity index (χ1) is 8.66. The first kappa shape index (κ1) is 15.5. The topological polar surface area (TPSA) is 55.1 Å². The summed E-state index contributed by atoms with van der Waals surface area (Å²) in [5.74, 6) is -0.101. The van der Waals surface area contributed by atoms with Gasteiger partial charge in [-0.2, -0.15) is 0 Å². The molecule has 2 aromatic rings. The van der Waals surface area contributed by atoms with Crippen LogP contribution in [0.15, 0.2) is 42.5 Å². The van der Waals surface area contributed by atoms with E-state index in [1.807, 2.05) is 12.1 Å². The summed E-state index contributed by atoms with van der Waals surface area (Å²) in [6.07, 6.45) is 0.823. The molecular formula is C15H19ClN2O. The van der Waals surface area contributed by atoms with Crippen LogP contribution in [0.4, 0.5) is 0 Å². The van der Waals surface area contributed by atoms with Gasteiger partial charge in [-0.3, -0.25) is 4.79 Å². The van der Waals surface area contributed by atoms with E-state index in [1.54, 1.807) is 6.92 Å².